The number of carboxylic acid groups (broad SMARTS) is 1. The highest BCUT2D eigenvalue weighted by Gasteiger charge is 2.36. The fourth-order valence-corrected chi connectivity index (χ4v) is 3.92. The molecule has 34 heavy (non-hydrogen) atoms. The van der Waals surface area contributed by atoms with Crippen LogP contribution in [0.1, 0.15) is 41.3 Å². The van der Waals surface area contributed by atoms with Crippen LogP contribution in [0.4, 0.5) is 13.2 Å². The molecule has 0 bridgehead atoms. The van der Waals surface area contributed by atoms with Gasteiger partial charge in [-0.3, -0.25) is 10.1 Å². The minimum absolute atomic E-state index is 0.0228. The highest BCUT2D eigenvalue weighted by Crippen LogP contribution is 2.40. The van der Waals surface area contributed by atoms with Crippen LogP contribution in [0.5, 0.6) is 0 Å². The molecular formula is C26H20F3N3O2. The van der Waals surface area contributed by atoms with Crippen LogP contribution in [0.25, 0.3) is 28.1 Å². The van der Waals surface area contributed by atoms with Crippen LogP contribution in [0.15, 0.2) is 73.1 Å². The maximum atomic E-state index is 13.8. The molecule has 2 N–H and O–H groups in total. The highest BCUT2D eigenvalue weighted by atomic mass is 19.4. The van der Waals surface area contributed by atoms with Gasteiger partial charge in [0.05, 0.1) is 11.7 Å². The number of allylic oxidation sites excluding steroid dienone is 1. The molecule has 8 heteroatoms. The number of alkyl halides is 3. The number of hydrogen-bond acceptors (Lipinski definition) is 3. The van der Waals surface area contributed by atoms with Crippen molar-refractivity contribution in [3.8, 4) is 0 Å². The van der Waals surface area contributed by atoms with E-state index in [9.17, 15) is 18.0 Å². The summed E-state index contributed by atoms with van der Waals surface area (Å²) in [4.78, 5) is 14.5. The quantitative estimate of drug-likeness (QED) is 0.323. The van der Waals surface area contributed by atoms with Crippen LogP contribution in [0.2, 0.25) is 0 Å². The van der Waals surface area contributed by atoms with E-state index in [0.29, 0.717) is 28.7 Å². The highest BCUT2D eigenvalue weighted by molar-refractivity contribution is 6.01. The summed E-state index contributed by atoms with van der Waals surface area (Å²) in [5.74, 6) is -1.07. The van der Waals surface area contributed by atoms with Crippen molar-refractivity contribution in [2.75, 3.05) is 0 Å². The topological polar surface area (TPSA) is 78.9 Å². The van der Waals surface area contributed by atoms with Crippen LogP contribution >= 0.6 is 0 Å². The minimum atomic E-state index is -4.61. The van der Waals surface area contributed by atoms with Crippen LogP contribution in [0, 0.1) is 0 Å². The Kier molecular flexibility index (Phi) is 6.32. The Labute approximate surface area is 193 Å². The second-order valence-electron chi connectivity index (χ2n) is 7.57. The number of rotatable bonds is 6. The molecule has 0 radical (unpaired) electrons. The number of aliphatic carboxylic acids is 1. The first kappa shape index (κ1) is 23.0. The average Bonchev–Trinajstić information content (AvgIpc) is 3.29. The minimum Gasteiger partial charge on any atom is -0.478 e. The molecule has 2 heterocycles. The molecule has 4 aromatic rings. The zero-order valence-electron chi connectivity index (χ0n) is 18.1. The van der Waals surface area contributed by atoms with Gasteiger partial charge in [0.25, 0.3) is 0 Å². The lowest BCUT2D eigenvalue weighted by Gasteiger charge is -2.19. The van der Waals surface area contributed by atoms with Gasteiger partial charge in [0.2, 0.25) is 0 Å². The fourth-order valence-electron chi connectivity index (χ4n) is 3.92. The van der Waals surface area contributed by atoms with Crippen molar-refractivity contribution in [3.63, 3.8) is 0 Å². The first-order valence-corrected chi connectivity index (χ1v) is 10.5. The lowest BCUT2D eigenvalue weighted by Crippen LogP contribution is -2.12. The Bertz CT molecular complexity index is 1400. The van der Waals surface area contributed by atoms with E-state index in [0.717, 1.165) is 28.7 Å². The number of benzene rings is 2. The van der Waals surface area contributed by atoms with Gasteiger partial charge >= 0.3 is 12.1 Å². The second kappa shape index (κ2) is 9.35. The molecule has 0 saturated carbocycles. The molecule has 0 fully saturated rings. The molecule has 2 aromatic heterocycles. The zero-order valence-corrected chi connectivity index (χ0v) is 18.1. The van der Waals surface area contributed by atoms with E-state index < -0.39 is 17.8 Å². The third-order valence-corrected chi connectivity index (χ3v) is 5.40. The molecule has 0 aliphatic rings. The number of halogens is 3. The van der Waals surface area contributed by atoms with Crippen molar-refractivity contribution in [2.24, 2.45) is 0 Å². The van der Waals surface area contributed by atoms with Crippen molar-refractivity contribution in [3.05, 3.63) is 101 Å². The molecule has 4 rings (SSSR count). The van der Waals surface area contributed by atoms with Crippen molar-refractivity contribution in [2.45, 2.75) is 19.5 Å². The zero-order chi connectivity index (χ0) is 24.3. The number of hydrogen-bond donors (Lipinski definition) is 2. The van der Waals surface area contributed by atoms with E-state index in [1.807, 2.05) is 25.1 Å². The maximum absolute atomic E-state index is 13.8. The summed E-state index contributed by atoms with van der Waals surface area (Å²) in [5, 5.41) is 16.6. The summed E-state index contributed by atoms with van der Waals surface area (Å²) in [6, 6.07) is 15.5. The number of pyridine rings is 1. The van der Waals surface area contributed by atoms with Gasteiger partial charge in [-0.15, -0.1) is 0 Å². The number of H-pyrrole nitrogens is 1. The first-order chi connectivity index (χ1) is 16.3. The molecule has 2 aromatic carbocycles. The van der Waals surface area contributed by atoms with Crippen molar-refractivity contribution in [1.82, 2.24) is 15.2 Å². The summed E-state index contributed by atoms with van der Waals surface area (Å²) in [6.07, 6.45) is 1.00. The third-order valence-electron chi connectivity index (χ3n) is 5.40. The van der Waals surface area contributed by atoms with Crippen LogP contribution in [-0.2, 0) is 11.0 Å². The molecule has 0 aliphatic heterocycles. The van der Waals surface area contributed by atoms with Crippen LogP contribution in [-0.4, -0.2) is 26.3 Å². The van der Waals surface area contributed by atoms with Gasteiger partial charge in [-0.1, -0.05) is 43.3 Å². The Hall–Kier alpha value is -4.20. The van der Waals surface area contributed by atoms with E-state index in [2.05, 4.69) is 15.2 Å². The number of aromatic amines is 1. The predicted molar refractivity (Wildman–Crippen MR) is 125 cm³/mol. The number of fused-ring (bicyclic) bond motifs is 1. The molecule has 0 saturated heterocycles. The summed E-state index contributed by atoms with van der Waals surface area (Å²) in [5.41, 5.74) is 3.12. The Balaban J connectivity index is 1.97. The molecule has 0 aliphatic carbocycles. The number of carbonyl (C=O) groups is 1. The number of nitrogens with one attached hydrogen (secondary N) is 1. The summed E-state index contributed by atoms with van der Waals surface area (Å²) in [6.45, 7) is 1.81. The van der Waals surface area contributed by atoms with Crippen molar-refractivity contribution in [1.29, 1.82) is 0 Å². The molecule has 0 spiro atoms. The molecule has 0 atom stereocenters. The lowest BCUT2D eigenvalue weighted by atomic mass is 9.87. The second-order valence-corrected chi connectivity index (χ2v) is 7.57. The Morgan fingerprint density at radius 2 is 1.82 bits per heavy atom. The lowest BCUT2D eigenvalue weighted by molar-refractivity contribution is -0.141. The number of carboxylic acids is 1. The van der Waals surface area contributed by atoms with Gasteiger partial charge in [0.15, 0.2) is 5.69 Å². The summed E-state index contributed by atoms with van der Waals surface area (Å²) in [7, 11) is 0. The summed E-state index contributed by atoms with van der Waals surface area (Å²) >= 11 is 0. The number of aromatic nitrogens is 3. The van der Waals surface area contributed by atoms with Gasteiger partial charge in [0, 0.05) is 23.2 Å². The smallest absolute Gasteiger partial charge is 0.433 e. The van der Waals surface area contributed by atoms with Crippen molar-refractivity contribution < 1.29 is 23.1 Å². The van der Waals surface area contributed by atoms with Crippen LogP contribution < -0.4 is 0 Å². The maximum Gasteiger partial charge on any atom is 0.433 e. The molecule has 5 nitrogen and oxygen atoms in total. The van der Waals surface area contributed by atoms with Crippen LogP contribution in [0.3, 0.4) is 0 Å². The van der Waals surface area contributed by atoms with E-state index in [1.54, 1.807) is 30.5 Å². The standard InChI is InChI=1S/C26H20F3N3O2/c1-2-20(21-4-3-13-30-25(21)26(27,28)29)24(18-10-11-22-19(14-18)15-31-32-22)17-8-5-16(6-9-17)7-12-23(33)34/h3-15H,2H2,1H3,(H,31,32)(H,33,34)/b12-7+,24-20+. The van der Waals surface area contributed by atoms with E-state index in [4.69, 9.17) is 5.11 Å². The normalized spacial score (nSPS) is 12.8. The summed E-state index contributed by atoms with van der Waals surface area (Å²) < 4.78 is 41.5. The van der Waals surface area contributed by atoms with Gasteiger partial charge in [-0.05, 0) is 58.5 Å². The third kappa shape index (κ3) is 4.76. The van der Waals surface area contributed by atoms with Gasteiger partial charge in [-0.25, -0.2) is 4.79 Å². The average molecular weight is 463 g/mol. The number of nitrogens with zero attached hydrogens (tertiary/aromatic N) is 2. The molecule has 172 valence electrons. The molecular weight excluding hydrogens is 443 g/mol. The van der Waals surface area contributed by atoms with Gasteiger partial charge < -0.3 is 5.11 Å². The van der Waals surface area contributed by atoms with Gasteiger partial charge in [0.1, 0.15) is 0 Å². The largest absolute Gasteiger partial charge is 0.478 e. The van der Waals surface area contributed by atoms with E-state index in [-0.39, 0.29) is 5.56 Å². The Morgan fingerprint density at radius 1 is 1.09 bits per heavy atom. The Morgan fingerprint density at radius 3 is 2.50 bits per heavy atom. The predicted octanol–water partition coefficient (Wildman–Crippen LogP) is 6.44. The SMILES string of the molecule is CC/C(=C(/c1ccc(/C=C/C(=O)O)cc1)c1ccc2[nH]ncc2c1)c1cccnc1C(F)(F)F. The molecule has 0 amide bonds. The van der Waals surface area contributed by atoms with Gasteiger partial charge in [-0.2, -0.15) is 18.3 Å². The van der Waals surface area contributed by atoms with E-state index >= 15 is 0 Å². The van der Waals surface area contributed by atoms with Crippen molar-refractivity contribution >= 4 is 34.1 Å². The monoisotopic (exact) mass is 463 g/mol. The van der Waals surface area contributed by atoms with E-state index in [1.165, 1.54) is 18.2 Å². The molecule has 0 unspecified atom stereocenters. The first-order valence-electron chi connectivity index (χ1n) is 10.5. The fraction of sp³-hybridized carbons (Fsp3) is 0.115.